The predicted molar refractivity (Wildman–Crippen MR) is 87.5 cm³/mol. The Morgan fingerprint density at radius 2 is 1.68 bits per heavy atom. The molecule has 2 N–H and O–H groups in total. The summed E-state index contributed by atoms with van der Waals surface area (Å²) in [5.74, 6) is -0.474. The second-order valence-corrected chi connectivity index (χ2v) is 7.69. The molecule has 1 aromatic carbocycles. The Morgan fingerprint density at radius 3 is 2.18 bits per heavy atom. The first-order chi connectivity index (χ1) is 10.2. The number of hydrogen-bond acceptors (Lipinski definition) is 4. The molecule has 1 aromatic heterocycles. The van der Waals surface area contributed by atoms with E-state index in [9.17, 15) is 13.2 Å². The SMILES string of the molecule is Cc1cc(C)c(C)c(S(=O)(=O)NNC(=O)c2cccs2)c1C. The molecule has 0 radical (unpaired) electrons. The third kappa shape index (κ3) is 3.21. The van der Waals surface area contributed by atoms with Gasteiger partial charge in [0.25, 0.3) is 15.9 Å². The van der Waals surface area contributed by atoms with Crippen LogP contribution in [0.5, 0.6) is 0 Å². The number of aryl methyl sites for hydroxylation is 2. The van der Waals surface area contributed by atoms with Crippen LogP contribution in [0.4, 0.5) is 0 Å². The van der Waals surface area contributed by atoms with Crippen molar-refractivity contribution >= 4 is 27.3 Å². The zero-order valence-electron chi connectivity index (χ0n) is 12.9. The quantitative estimate of drug-likeness (QED) is 0.842. The van der Waals surface area contributed by atoms with Gasteiger partial charge in [-0.1, -0.05) is 12.1 Å². The molecule has 1 amide bonds. The van der Waals surface area contributed by atoms with Gasteiger partial charge in [0, 0.05) is 0 Å². The van der Waals surface area contributed by atoms with Gasteiger partial charge in [0.15, 0.2) is 0 Å². The topological polar surface area (TPSA) is 75.3 Å². The Morgan fingerprint density at radius 1 is 1.09 bits per heavy atom. The molecule has 0 saturated carbocycles. The van der Waals surface area contributed by atoms with E-state index >= 15 is 0 Å². The standard InChI is InChI=1S/C15H18N2O3S2/c1-9-8-10(2)12(4)14(11(9)3)22(19,20)17-16-15(18)13-6-5-7-21-13/h5-8,17H,1-4H3,(H,16,18). The number of carbonyl (C=O) groups is 1. The van der Waals surface area contributed by atoms with E-state index in [1.54, 1.807) is 31.4 Å². The van der Waals surface area contributed by atoms with E-state index in [0.717, 1.165) is 11.1 Å². The molecule has 0 aliphatic rings. The molecule has 5 nitrogen and oxygen atoms in total. The van der Waals surface area contributed by atoms with Gasteiger partial charge >= 0.3 is 0 Å². The van der Waals surface area contributed by atoms with Crippen molar-refractivity contribution in [3.8, 4) is 0 Å². The average molecular weight is 338 g/mol. The lowest BCUT2D eigenvalue weighted by Gasteiger charge is -2.16. The first kappa shape index (κ1) is 16.7. The Labute approximate surface area is 134 Å². The number of benzene rings is 1. The van der Waals surface area contributed by atoms with Crippen LogP contribution >= 0.6 is 11.3 Å². The van der Waals surface area contributed by atoms with E-state index in [1.807, 2.05) is 19.9 Å². The summed E-state index contributed by atoms with van der Waals surface area (Å²) in [5, 5.41) is 1.75. The first-order valence-corrected chi connectivity index (χ1v) is 9.03. The number of sulfonamides is 1. The minimum absolute atomic E-state index is 0.219. The van der Waals surface area contributed by atoms with E-state index < -0.39 is 15.9 Å². The summed E-state index contributed by atoms with van der Waals surface area (Å²) >= 11 is 1.24. The number of rotatable bonds is 4. The maximum Gasteiger partial charge on any atom is 0.276 e. The molecule has 22 heavy (non-hydrogen) atoms. The summed E-state index contributed by atoms with van der Waals surface area (Å²) < 4.78 is 25.1. The number of nitrogens with one attached hydrogen (secondary N) is 2. The molecule has 2 rings (SSSR count). The smallest absolute Gasteiger partial charge is 0.273 e. The molecular weight excluding hydrogens is 320 g/mol. The normalized spacial score (nSPS) is 11.5. The van der Waals surface area contributed by atoms with Crippen molar-refractivity contribution < 1.29 is 13.2 Å². The Kier molecular flexibility index (Phi) is 4.69. The largest absolute Gasteiger partial charge is 0.276 e. The molecule has 0 unspecified atom stereocenters. The molecule has 0 saturated heterocycles. The van der Waals surface area contributed by atoms with Crippen LogP contribution in [0.1, 0.15) is 31.9 Å². The summed E-state index contributed by atoms with van der Waals surface area (Å²) in [5.41, 5.74) is 5.41. The minimum atomic E-state index is -3.83. The van der Waals surface area contributed by atoms with Crippen LogP contribution < -0.4 is 10.3 Å². The Bertz CT molecular complexity index is 784. The number of carbonyl (C=O) groups excluding carboxylic acids is 1. The molecule has 0 bridgehead atoms. The van der Waals surface area contributed by atoms with Gasteiger partial charge in [-0.15, -0.1) is 16.2 Å². The van der Waals surface area contributed by atoms with Crippen molar-refractivity contribution in [1.29, 1.82) is 0 Å². The van der Waals surface area contributed by atoms with Gasteiger partial charge in [-0.25, -0.2) is 8.42 Å². The highest BCUT2D eigenvalue weighted by Crippen LogP contribution is 2.25. The van der Waals surface area contributed by atoms with Crippen molar-refractivity contribution in [1.82, 2.24) is 10.3 Å². The highest BCUT2D eigenvalue weighted by Gasteiger charge is 2.22. The monoisotopic (exact) mass is 338 g/mol. The van der Waals surface area contributed by atoms with Crippen molar-refractivity contribution in [3.63, 3.8) is 0 Å². The maximum absolute atomic E-state index is 12.5. The van der Waals surface area contributed by atoms with Crippen molar-refractivity contribution in [3.05, 3.63) is 50.7 Å². The second-order valence-electron chi connectivity index (χ2n) is 5.13. The number of hydrogen-bond donors (Lipinski definition) is 2. The summed E-state index contributed by atoms with van der Waals surface area (Å²) in [6.45, 7) is 7.25. The van der Waals surface area contributed by atoms with Gasteiger partial charge in [0.05, 0.1) is 9.77 Å². The highest BCUT2D eigenvalue weighted by molar-refractivity contribution is 7.89. The van der Waals surface area contributed by atoms with E-state index in [4.69, 9.17) is 0 Å². The van der Waals surface area contributed by atoms with E-state index in [2.05, 4.69) is 10.3 Å². The van der Waals surface area contributed by atoms with Crippen molar-refractivity contribution in [2.24, 2.45) is 0 Å². The first-order valence-electron chi connectivity index (χ1n) is 6.67. The van der Waals surface area contributed by atoms with Crippen molar-refractivity contribution in [2.75, 3.05) is 0 Å². The van der Waals surface area contributed by atoms with Gasteiger partial charge < -0.3 is 0 Å². The summed E-state index contributed by atoms with van der Waals surface area (Å²) in [7, 11) is -3.83. The fraction of sp³-hybridized carbons (Fsp3) is 0.267. The molecule has 0 atom stereocenters. The molecule has 0 aliphatic heterocycles. The molecule has 1 heterocycles. The molecule has 7 heteroatoms. The van der Waals surface area contributed by atoms with Crippen LogP contribution in [-0.2, 0) is 10.0 Å². The van der Waals surface area contributed by atoms with Gasteiger partial charge in [0.1, 0.15) is 0 Å². The molecule has 0 fully saturated rings. The van der Waals surface area contributed by atoms with Crippen LogP contribution in [0.2, 0.25) is 0 Å². The third-order valence-corrected chi connectivity index (χ3v) is 6.00. The summed E-state index contributed by atoms with van der Waals surface area (Å²) in [4.78, 5) is 14.7. The maximum atomic E-state index is 12.5. The lowest BCUT2D eigenvalue weighted by molar-refractivity contribution is 0.0949. The highest BCUT2D eigenvalue weighted by atomic mass is 32.2. The number of thiophene rings is 1. The van der Waals surface area contributed by atoms with Crippen LogP contribution in [0.15, 0.2) is 28.5 Å². The lowest BCUT2D eigenvalue weighted by Crippen LogP contribution is -2.41. The molecular formula is C15H18N2O3S2. The van der Waals surface area contributed by atoms with Gasteiger partial charge in [-0.2, -0.15) is 0 Å². The number of amides is 1. The molecule has 118 valence electrons. The summed E-state index contributed by atoms with van der Waals surface area (Å²) in [6.07, 6.45) is 0. The Balaban J connectivity index is 2.30. The average Bonchev–Trinajstić information content (AvgIpc) is 2.97. The van der Waals surface area contributed by atoms with Crippen LogP contribution in [0, 0.1) is 27.7 Å². The molecule has 2 aromatic rings. The van der Waals surface area contributed by atoms with Crippen LogP contribution in [0.3, 0.4) is 0 Å². The third-order valence-electron chi connectivity index (χ3n) is 3.61. The fourth-order valence-electron chi connectivity index (χ4n) is 2.22. The van der Waals surface area contributed by atoms with Crippen LogP contribution in [-0.4, -0.2) is 14.3 Å². The molecule has 0 spiro atoms. The van der Waals surface area contributed by atoms with Crippen molar-refractivity contribution in [2.45, 2.75) is 32.6 Å². The van der Waals surface area contributed by atoms with Crippen LogP contribution in [0.25, 0.3) is 0 Å². The summed E-state index contributed by atoms with van der Waals surface area (Å²) in [6, 6.07) is 5.31. The van der Waals surface area contributed by atoms with Gasteiger partial charge in [-0.3, -0.25) is 10.2 Å². The molecule has 0 aliphatic carbocycles. The number of hydrazine groups is 1. The fourth-order valence-corrected chi connectivity index (χ4v) is 4.29. The zero-order valence-corrected chi connectivity index (χ0v) is 14.5. The second kappa shape index (κ2) is 6.20. The van der Waals surface area contributed by atoms with E-state index in [-0.39, 0.29) is 4.90 Å². The lowest BCUT2D eigenvalue weighted by atomic mass is 10.0. The van der Waals surface area contributed by atoms with E-state index in [0.29, 0.717) is 16.0 Å². The zero-order chi connectivity index (χ0) is 16.5. The van der Waals surface area contributed by atoms with E-state index in [1.165, 1.54) is 11.3 Å². The van der Waals surface area contributed by atoms with Gasteiger partial charge in [0.2, 0.25) is 0 Å². The predicted octanol–water partition coefficient (Wildman–Crippen LogP) is 2.61. The minimum Gasteiger partial charge on any atom is -0.273 e. The van der Waals surface area contributed by atoms with Gasteiger partial charge in [-0.05, 0) is 61.4 Å². The Hall–Kier alpha value is -1.70.